The van der Waals surface area contributed by atoms with Gasteiger partial charge in [0.2, 0.25) is 0 Å². The fourth-order valence-electron chi connectivity index (χ4n) is 2.29. The molecule has 3 N–H and O–H groups in total. The third-order valence-corrected chi connectivity index (χ3v) is 3.85. The van der Waals surface area contributed by atoms with Crippen molar-refractivity contribution < 1.29 is 24.2 Å². The highest BCUT2D eigenvalue weighted by Crippen LogP contribution is 2.35. The molecule has 0 radical (unpaired) electrons. The Bertz CT molecular complexity index is 680. The Balaban J connectivity index is 2.19. The largest absolute Gasteiger partial charge is 0.508 e. The first-order chi connectivity index (χ1) is 10.2. The molecule has 0 spiro atoms. The van der Waals surface area contributed by atoms with Crippen molar-refractivity contribution in [3.8, 4) is 11.5 Å². The molecule has 118 valence electrons. The van der Waals surface area contributed by atoms with Crippen LogP contribution in [-0.4, -0.2) is 21.2 Å². The van der Waals surface area contributed by atoms with Gasteiger partial charge in [-0.15, -0.1) is 0 Å². The summed E-state index contributed by atoms with van der Waals surface area (Å²) in [5.74, 6) is 0.686. The fraction of sp³-hybridized carbons (Fsp3) is 0.250. The van der Waals surface area contributed by atoms with Gasteiger partial charge in [-0.2, -0.15) is 0 Å². The van der Waals surface area contributed by atoms with Gasteiger partial charge in [-0.3, -0.25) is 4.57 Å². The van der Waals surface area contributed by atoms with E-state index in [0.29, 0.717) is 5.75 Å². The van der Waals surface area contributed by atoms with Crippen LogP contribution in [0.5, 0.6) is 11.5 Å². The van der Waals surface area contributed by atoms with Gasteiger partial charge in [-0.1, -0.05) is 12.1 Å². The Kier molecular flexibility index (Phi) is 4.91. The highest BCUT2D eigenvalue weighted by Gasteiger charge is 2.15. The second-order valence-corrected chi connectivity index (χ2v) is 6.90. The van der Waals surface area contributed by atoms with Crippen LogP contribution in [0.15, 0.2) is 36.4 Å². The van der Waals surface area contributed by atoms with Gasteiger partial charge in [0.05, 0.1) is 0 Å². The minimum Gasteiger partial charge on any atom is -0.508 e. The van der Waals surface area contributed by atoms with E-state index in [-0.39, 0.29) is 5.75 Å². The van der Waals surface area contributed by atoms with Crippen LogP contribution in [0.3, 0.4) is 0 Å². The molecule has 0 aliphatic carbocycles. The standard InChI is InChI=1S/C16H19O5P/c1-11-7-15(21-10-22(18,19)20)8-12(2)16(11)9-13-3-5-14(17)6-4-13/h3-8,17H,9-10H2,1-2H3,(H2,18,19,20). The minimum atomic E-state index is -4.18. The van der Waals surface area contributed by atoms with Gasteiger partial charge in [0.1, 0.15) is 11.5 Å². The maximum Gasteiger partial charge on any atom is 0.362 e. The molecule has 22 heavy (non-hydrogen) atoms. The SMILES string of the molecule is Cc1cc(OCP(=O)(O)O)cc(C)c1Cc1ccc(O)cc1. The first-order valence-electron chi connectivity index (χ1n) is 6.80. The molecule has 0 aromatic heterocycles. The molecule has 0 heterocycles. The van der Waals surface area contributed by atoms with E-state index in [2.05, 4.69) is 0 Å². The lowest BCUT2D eigenvalue weighted by Gasteiger charge is -2.14. The number of aromatic hydroxyl groups is 1. The minimum absolute atomic E-state index is 0.235. The molecule has 0 aliphatic heterocycles. The van der Waals surface area contributed by atoms with E-state index in [1.165, 1.54) is 0 Å². The number of ether oxygens (including phenoxy) is 1. The van der Waals surface area contributed by atoms with Crippen molar-refractivity contribution >= 4 is 7.60 Å². The van der Waals surface area contributed by atoms with Crippen LogP contribution in [0.4, 0.5) is 0 Å². The third kappa shape index (κ3) is 4.60. The number of benzene rings is 2. The van der Waals surface area contributed by atoms with Gasteiger partial charge >= 0.3 is 7.60 Å². The van der Waals surface area contributed by atoms with E-state index in [1.807, 2.05) is 26.0 Å². The molecule has 0 atom stereocenters. The molecule has 0 aliphatic rings. The number of phenols is 1. The Hall–Kier alpha value is -1.81. The van der Waals surface area contributed by atoms with Crippen LogP contribution in [0.25, 0.3) is 0 Å². The average Bonchev–Trinajstić information content (AvgIpc) is 2.42. The zero-order chi connectivity index (χ0) is 16.3. The van der Waals surface area contributed by atoms with Crippen LogP contribution in [0.1, 0.15) is 22.3 Å². The van der Waals surface area contributed by atoms with Crippen LogP contribution in [-0.2, 0) is 11.0 Å². The van der Waals surface area contributed by atoms with Gasteiger partial charge in [-0.05, 0) is 66.8 Å². The van der Waals surface area contributed by atoms with Gasteiger partial charge in [0, 0.05) is 0 Å². The number of hydrogen-bond donors (Lipinski definition) is 3. The first-order valence-corrected chi connectivity index (χ1v) is 8.60. The second-order valence-electron chi connectivity index (χ2n) is 5.32. The molecule has 2 aromatic rings. The van der Waals surface area contributed by atoms with Crippen molar-refractivity contribution in [1.82, 2.24) is 0 Å². The van der Waals surface area contributed by atoms with Crippen molar-refractivity contribution in [3.05, 3.63) is 58.7 Å². The summed E-state index contributed by atoms with van der Waals surface area (Å²) in [7, 11) is -4.18. The van der Waals surface area contributed by atoms with E-state index in [1.54, 1.807) is 24.3 Å². The Labute approximate surface area is 129 Å². The summed E-state index contributed by atoms with van der Waals surface area (Å²) in [5, 5.41) is 9.31. The summed E-state index contributed by atoms with van der Waals surface area (Å²) in [6.45, 7) is 3.88. The summed E-state index contributed by atoms with van der Waals surface area (Å²) in [5.41, 5.74) is 4.20. The zero-order valence-electron chi connectivity index (χ0n) is 12.5. The highest BCUT2D eigenvalue weighted by molar-refractivity contribution is 7.51. The summed E-state index contributed by atoms with van der Waals surface area (Å²) >= 11 is 0. The van der Waals surface area contributed by atoms with Crippen molar-refractivity contribution in [2.24, 2.45) is 0 Å². The maximum atomic E-state index is 10.9. The quantitative estimate of drug-likeness (QED) is 0.736. The Morgan fingerprint density at radius 2 is 1.59 bits per heavy atom. The Morgan fingerprint density at radius 3 is 2.09 bits per heavy atom. The molecule has 5 nitrogen and oxygen atoms in total. The predicted molar refractivity (Wildman–Crippen MR) is 84.4 cm³/mol. The zero-order valence-corrected chi connectivity index (χ0v) is 13.4. The summed E-state index contributed by atoms with van der Waals surface area (Å²) in [4.78, 5) is 17.7. The highest BCUT2D eigenvalue weighted by atomic mass is 31.2. The van der Waals surface area contributed by atoms with Crippen molar-refractivity contribution in [2.75, 3.05) is 6.35 Å². The smallest absolute Gasteiger partial charge is 0.362 e. The van der Waals surface area contributed by atoms with Crippen LogP contribution in [0.2, 0.25) is 0 Å². The lowest BCUT2D eigenvalue weighted by molar-refractivity contribution is 0.300. The molecule has 2 rings (SSSR count). The monoisotopic (exact) mass is 322 g/mol. The molecule has 0 fully saturated rings. The predicted octanol–water partition coefficient (Wildman–Crippen LogP) is 3.11. The topological polar surface area (TPSA) is 87.0 Å². The van der Waals surface area contributed by atoms with Crippen LogP contribution in [0, 0.1) is 13.8 Å². The number of aryl methyl sites for hydroxylation is 2. The van der Waals surface area contributed by atoms with Crippen molar-refractivity contribution in [3.63, 3.8) is 0 Å². The van der Waals surface area contributed by atoms with E-state index in [9.17, 15) is 9.67 Å². The molecule has 6 heteroatoms. The maximum absolute atomic E-state index is 10.9. The normalized spacial score (nSPS) is 11.5. The van der Waals surface area contributed by atoms with Crippen molar-refractivity contribution in [1.29, 1.82) is 0 Å². The number of rotatable bonds is 5. The number of phenolic OH excluding ortho intramolecular Hbond substituents is 1. The molecular weight excluding hydrogens is 303 g/mol. The van der Waals surface area contributed by atoms with E-state index in [0.717, 1.165) is 28.7 Å². The number of hydrogen-bond acceptors (Lipinski definition) is 3. The molecule has 0 saturated heterocycles. The van der Waals surface area contributed by atoms with Crippen molar-refractivity contribution in [2.45, 2.75) is 20.3 Å². The fourth-order valence-corrected chi connectivity index (χ4v) is 2.61. The molecule has 0 unspecified atom stereocenters. The Morgan fingerprint density at radius 1 is 1.05 bits per heavy atom. The molecule has 0 bridgehead atoms. The summed E-state index contributed by atoms with van der Waals surface area (Å²) in [6, 6.07) is 10.6. The molecule has 0 amide bonds. The average molecular weight is 322 g/mol. The lowest BCUT2D eigenvalue weighted by atomic mass is 9.96. The van der Waals surface area contributed by atoms with Gasteiger partial charge < -0.3 is 19.6 Å². The van der Waals surface area contributed by atoms with Gasteiger partial charge in [0.15, 0.2) is 6.35 Å². The van der Waals surface area contributed by atoms with Gasteiger partial charge in [-0.25, -0.2) is 0 Å². The van der Waals surface area contributed by atoms with E-state index < -0.39 is 13.9 Å². The summed E-state index contributed by atoms with van der Waals surface area (Å²) in [6.07, 6.45) is 0.0971. The molecule has 0 saturated carbocycles. The third-order valence-electron chi connectivity index (χ3n) is 3.39. The molecular formula is C16H19O5P. The molecule has 2 aromatic carbocycles. The van der Waals surface area contributed by atoms with Gasteiger partial charge in [0.25, 0.3) is 0 Å². The lowest BCUT2D eigenvalue weighted by Crippen LogP contribution is -2.01. The summed E-state index contributed by atoms with van der Waals surface area (Å²) < 4.78 is 16.0. The first kappa shape index (κ1) is 16.6. The van der Waals surface area contributed by atoms with Crippen LogP contribution < -0.4 is 4.74 Å². The van der Waals surface area contributed by atoms with Crippen LogP contribution >= 0.6 is 7.60 Å². The second kappa shape index (κ2) is 6.53. The van der Waals surface area contributed by atoms with E-state index in [4.69, 9.17) is 14.5 Å². The van der Waals surface area contributed by atoms with E-state index >= 15 is 0 Å².